The van der Waals surface area contributed by atoms with Gasteiger partial charge in [0.05, 0.1) is 5.56 Å². The third-order valence-corrected chi connectivity index (χ3v) is 3.90. The average Bonchev–Trinajstić information content (AvgIpc) is 2.81. The molecular formula is C15H10ClIN2O. The maximum absolute atomic E-state index is 6.04. The topological polar surface area (TPSA) is 52.0 Å². The SMILES string of the molecule is Nc1onc(-c2ccc(I)cc2)c1-c1cccc(Cl)c1. The highest BCUT2D eigenvalue weighted by Crippen LogP contribution is 2.37. The third kappa shape index (κ3) is 2.53. The van der Waals surface area contributed by atoms with E-state index >= 15 is 0 Å². The van der Waals surface area contributed by atoms with E-state index in [-0.39, 0.29) is 0 Å². The van der Waals surface area contributed by atoms with Crippen LogP contribution in [0.15, 0.2) is 53.1 Å². The highest BCUT2D eigenvalue weighted by molar-refractivity contribution is 14.1. The van der Waals surface area contributed by atoms with Gasteiger partial charge in [-0.05, 0) is 52.4 Å². The zero-order valence-electron chi connectivity index (χ0n) is 10.3. The van der Waals surface area contributed by atoms with Gasteiger partial charge in [0.2, 0.25) is 5.88 Å². The predicted molar refractivity (Wildman–Crippen MR) is 89.5 cm³/mol. The van der Waals surface area contributed by atoms with E-state index in [0.717, 1.165) is 26.0 Å². The summed E-state index contributed by atoms with van der Waals surface area (Å²) >= 11 is 8.30. The van der Waals surface area contributed by atoms with Crippen LogP contribution in [0.3, 0.4) is 0 Å². The summed E-state index contributed by atoms with van der Waals surface area (Å²) in [7, 11) is 0. The first-order valence-corrected chi connectivity index (χ1v) is 7.38. The third-order valence-electron chi connectivity index (χ3n) is 2.95. The van der Waals surface area contributed by atoms with Crippen molar-refractivity contribution in [2.75, 3.05) is 5.73 Å². The van der Waals surface area contributed by atoms with Gasteiger partial charge in [0.1, 0.15) is 5.69 Å². The van der Waals surface area contributed by atoms with Crippen molar-refractivity contribution in [3.05, 3.63) is 57.1 Å². The Morgan fingerprint density at radius 2 is 1.80 bits per heavy atom. The standard InChI is InChI=1S/C15H10ClIN2O/c16-11-3-1-2-10(8-11)13-14(19-20-15(13)18)9-4-6-12(17)7-5-9/h1-8H,18H2. The molecule has 0 saturated carbocycles. The molecule has 1 aromatic heterocycles. The van der Waals surface area contributed by atoms with Gasteiger partial charge in [0.15, 0.2) is 0 Å². The summed E-state index contributed by atoms with van der Waals surface area (Å²) in [6.07, 6.45) is 0. The lowest BCUT2D eigenvalue weighted by atomic mass is 10.0. The first kappa shape index (κ1) is 13.5. The smallest absolute Gasteiger partial charge is 0.230 e. The maximum Gasteiger partial charge on any atom is 0.230 e. The number of anilines is 1. The van der Waals surface area contributed by atoms with Crippen LogP contribution in [-0.2, 0) is 0 Å². The number of nitrogens with zero attached hydrogens (tertiary/aromatic N) is 1. The molecule has 0 unspecified atom stereocenters. The van der Waals surface area contributed by atoms with Gasteiger partial charge in [-0.2, -0.15) is 0 Å². The highest BCUT2D eigenvalue weighted by atomic mass is 127. The van der Waals surface area contributed by atoms with E-state index in [1.807, 2.05) is 48.5 Å². The molecule has 2 N–H and O–H groups in total. The van der Waals surface area contributed by atoms with Gasteiger partial charge in [0.25, 0.3) is 0 Å². The van der Waals surface area contributed by atoms with Crippen molar-refractivity contribution < 1.29 is 4.52 Å². The van der Waals surface area contributed by atoms with Gasteiger partial charge >= 0.3 is 0 Å². The van der Waals surface area contributed by atoms with Crippen molar-refractivity contribution >= 4 is 40.1 Å². The molecule has 1 heterocycles. The lowest BCUT2D eigenvalue weighted by molar-refractivity contribution is 0.439. The molecule has 0 saturated heterocycles. The second kappa shape index (κ2) is 5.46. The van der Waals surface area contributed by atoms with Crippen LogP contribution in [0.2, 0.25) is 5.02 Å². The molecule has 0 spiro atoms. The molecule has 3 rings (SSSR count). The molecule has 0 aliphatic heterocycles. The van der Waals surface area contributed by atoms with E-state index in [1.54, 1.807) is 0 Å². The van der Waals surface area contributed by atoms with Crippen molar-refractivity contribution in [2.24, 2.45) is 0 Å². The van der Waals surface area contributed by atoms with Gasteiger partial charge < -0.3 is 10.3 Å². The first-order chi connectivity index (χ1) is 9.65. The molecule has 0 fully saturated rings. The van der Waals surface area contributed by atoms with Crippen molar-refractivity contribution in [3.8, 4) is 22.4 Å². The molecule has 0 aliphatic rings. The minimum Gasteiger partial charge on any atom is -0.367 e. The van der Waals surface area contributed by atoms with Crippen molar-refractivity contribution in [2.45, 2.75) is 0 Å². The summed E-state index contributed by atoms with van der Waals surface area (Å²) in [5.74, 6) is 0.292. The molecule has 0 bridgehead atoms. The lowest BCUT2D eigenvalue weighted by Crippen LogP contribution is -1.88. The largest absolute Gasteiger partial charge is 0.367 e. The van der Waals surface area contributed by atoms with Crippen LogP contribution >= 0.6 is 34.2 Å². The Bertz CT molecular complexity index is 753. The van der Waals surface area contributed by atoms with Gasteiger partial charge in [-0.3, -0.25) is 0 Å². The van der Waals surface area contributed by atoms with Gasteiger partial charge in [0, 0.05) is 14.2 Å². The number of hydrogen-bond acceptors (Lipinski definition) is 3. The Kier molecular flexibility index (Phi) is 3.67. The summed E-state index contributed by atoms with van der Waals surface area (Å²) in [6.45, 7) is 0. The molecule has 2 aromatic carbocycles. The molecule has 20 heavy (non-hydrogen) atoms. The molecule has 3 aromatic rings. The number of nitrogen functional groups attached to an aromatic ring is 1. The molecule has 100 valence electrons. The minimum absolute atomic E-state index is 0.292. The van der Waals surface area contributed by atoms with Crippen molar-refractivity contribution in [3.63, 3.8) is 0 Å². The van der Waals surface area contributed by atoms with Crippen molar-refractivity contribution in [1.29, 1.82) is 0 Å². The van der Waals surface area contributed by atoms with E-state index in [9.17, 15) is 0 Å². The second-order valence-electron chi connectivity index (χ2n) is 4.29. The first-order valence-electron chi connectivity index (χ1n) is 5.92. The van der Waals surface area contributed by atoms with Crippen molar-refractivity contribution in [1.82, 2.24) is 5.16 Å². The highest BCUT2D eigenvalue weighted by Gasteiger charge is 2.17. The van der Waals surface area contributed by atoms with Gasteiger partial charge in [-0.1, -0.05) is 41.0 Å². The number of aromatic nitrogens is 1. The molecular weight excluding hydrogens is 387 g/mol. The Labute approximate surface area is 134 Å². The molecule has 3 nitrogen and oxygen atoms in total. The monoisotopic (exact) mass is 396 g/mol. The minimum atomic E-state index is 0.292. The van der Waals surface area contributed by atoms with Crippen LogP contribution in [0.25, 0.3) is 22.4 Å². The van der Waals surface area contributed by atoms with E-state index in [1.165, 1.54) is 0 Å². The van der Waals surface area contributed by atoms with E-state index < -0.39 is 0 Å². The zero-order valence-corrected chi connectivity index (χ0v) is 13.2. The predicted octanol–water partition coefficient (Wildman–Crippen LogP) is 4.85. The summed E-state index contributed by atoms with van der Waals surface area (Å²) in [4.78, 5) is 0. The van der Waals surface area contributed by atoms with E-state index in [2.05, 4.69) is 27.7 Å². The number of nitrogens with two attached hydrogens (primary N) is 1. The quantitative estimate of drug-likeness (QED) is 0.630. The summed E-state index contributed by atoms with van der Waals surface area (Å²) in [5, 5.41) is 4.73. The number of benzene rings is 2. The van der Waals surface area contributed by atoms with E-state index in [0.29, 0.717) is 10.9 Å². The average molecular weight is 397 g/mol. The fourth-order valence-electron chi connectivity index (χ4n) is 2.03. The Morgan fingerprint density at radius 1 is 1.05 bits per heavy atom. The van der Waals surface area contributed by atoms with Crippen LogP contribution in [0.4, 0.5) is 5.88 Å². The van der Waals surface area contributed by atoms with Crippen LogP contribution in [-0.4, -0.2) is 5.16 Å². The fraction of sp³-hybridized carbons (Fsp3) is 0. The van der Waals surface area contributed by atoms with E-state index in [4.69, 9.17) is 21.9 Å². The summed E-state index contributed by atoms with van der Waals surface area (Å²) in [6, 6.07) is 15.5. The fourth-order valence-corrected chi connectivity index (χ4v) is 2.58. The van der Waals surface area contributed by atoms with Crippen LogP contribution in [0, 0.1) is 3.57 Å². The summed E-state index contributed by atoms with van der Waals surface area (Å²) < 4.78 is 6.32. The van der Waals surface area contributed by atoms with Crippen LogP contribution < -0.4 is 5.73 Å². The molecule has 0 atom stereocenters. The molecule has 0 radical (unpaired) electrons. The number of rotatable bonds is 2. The second-order valence-corrected chi connectivity index (χ2v) is 5.97. The maximum atomic E-state index is 6.04. The molecule has 0 amide bonds. The number of hydrogen-bond donors (Lipinski definition) is 1. The Balaban J connectivity index is 2.17. The van der Waals surface area contributed by atoms with Gasteiger partial charge in [-0.25, -0.2) is 0 Å². The molecule has 0 aliphatic carbocycles. The Morgan fingerprint density at radius 3 is 2.50 bits per heavy atom. The van der Waals surface area contributed by atoms with Crippen LogP contribution in [0.5, 0.6) is 0 Å². The molecule has 5 heteroatoms. The normalized spacial score (nSPS) is 10.7. The van der Waals surface area contributed by atoms with Gasteiger partial charge in [-0.15, -0.1) is 0 Å². The number of halogens is 2. The summed E-state index contributed by atoms with van der Waals surface area (Å²) in [5.41, 5.74) is 9.26. The van der Waals surface area contributed by atoms with Crippen LogP contribution in [0.1, 0.15) is 0 Å². The zero-order chi connectivity index (χ0) is 14.1. The lowest BCUT2D eigenvalue weighted by Gasteiger charge is -2.03. The Hall–Kier alpha value is -1.53.